The minimum absolute atomic E-state index is 0.125. The van der Waals surface area contributed by atoms with Crippen LogP contribution in [0.3, 0.4) is 0 Å². The van der Waals surface area contributed by atoms with Gasteiger partial charge in [0.05, 0.1) is 22.0 Å². The first-order valence-corrected chi connectivity index (χ1v) is 13.0. The van der Waals surface area contributed by atoms with Crippen molar-refractivity contribution in [2.45, 2.75) is 56.9 Å². The van der Waals surface area contributed by atoms with E-state index in [1.54, 1.807) is 30.5 Å². The lowest BCUT2D eigenvalue weighted by molar-refractivity contribution is 0.286. The average Bonchev–Trinajstić information content (AvgIpc) is 2.76. The second-order valence-corrected chi connectivity index (χ2v) is 10.2. The van der Waals surface area contributed by atoms with E-state index in [0.717, 1.165) is 31.3 Å². The van der Waals surface area contributed by atoms with Gasteiger partial charge in [0.1, 0.15) is 5.82 Å². The molecule has 0 aliphatic rings. The molecule has 0 fully saturated rings. The number of nitrogens with one attached hydrogen (secondary N) is 3. The van der Waals surface area contributed by atoms with Crippen molar-refractivity contribution in [1.82, 2.24) is 14.7 Å². The van der Waals surface area contributed by atoms with Crippen molar-refractivity contribution in [1.29, 1.82) is 0 Å². The molecule has 10 heteroatoms. The van der Waals surface area contributed by atoms with Crippen molar-refractivity contribution >= 4 is 43.4 Å². The zero-order chi connectivity index (χ0) is 23.6. The van der Waals surface area contributed by atoms with E-state index in [-0.39, 0.29) is 23.5 Å². The summed E-state index contributed by atoms with van der Waals surface area (Å²) < 4.78 is 28.5. The molecule has 176 valence electrons. The predicted octanol–water partition coefficient (Wildman–Crippen LogP) is 4.58. The number of nitrogens with zero attached hydrogens (tertiary/aromatic N) is 2. The van der Waals surface area contributed by atoms with Gasteiger partial charge in [0, 0.05) is 18.4 Å². The lowest BCUT2D eigenvalue weighted by Gasteiger charge is -2.18. The molecule has 1 aromatic heterocycles. The average molecular weight is 527 g/mol. The van der Waals surface area contributed by atoms with Crippen LogP contribution in [0.4, 0.5) is 17.5 Å². The summed E-state index contributed by atoms with van der Waals surface area (Å²) in [5.41, 5.74) is 1.31. The van der Waals surface area contributed by atoms with Crippen LogP contribution in [0.15, 0.2) is 52.0 Å². The van der Waals surface area contributed by atoms with Crippen molar-refractivity contribution < 1.29 is 13.5 Å². The highest BCUT2D eigenvalue weighted by Gasteiger charge is 2.15. The molecule has 0 saturated heterocycles. The Bertz CT molecular complexity index is 1000. The van der Waals surface area contributed by atoms with Gasteiger partial charge in [0.15, 0.2) is 0 Å². The summed E-state index contributed by atoms with van der Waals surface area (Å²) in [6.45, 7) is 8.11. The fourth-order valence-electron chi connectivity index (χ4n) is 2.91. The minimum Gasteiger partial charge on any atom is -0.394 e. The third-order valence-electron chi connectivity index (χ3n) is 4.81. The zero-order valence-electron chi connectivity index (χ0n) is 18.6. The predicted molar refractivity (Wildman–Crippen MR) is 133 cm³/mol. The molecular weight excluding hydrogens is 494 g/mol. The van der Waals surface area contributed by atoms with Gasteiger partial charge in [-0.15, -0.1) is 0 Å². The number of aromatic nitrogens is 2. The molecule has 8 nitrogen and oxygen atoms in total. The number of aliphatic hydroxyl groups excluding tert-OH is 1. The monoisotopic (exact) mass is 525 g/mol. The van der Waals surface area contributed by atoms with Gasteiger partial charge in [-0.25, -0.2) is 18.1 Å². The van der Waals surface area contributed by atoms with Crippen LogP contribution in [-0.4, -0.2) is 42.7 Å². The molecule has 1 aromatic carbocycles. The van der Waals surface area contributed by atoms with E-state index in [0.29, 0.717) is 22.5 Å². The second-order valence-electron chi connectivity index (χ2n) is 7.58. The molecule has 0 bridgehead atoms. The van der Waals surface area contributed by atoms with Crippen LogP contribution in [0.1, 0.15) is 46.0 Å². The van der Waals surface area contributed by atoms with Crippen LogP contribution in [0, 0.1) is 0 Å². The third kappa shape index (κ3) is 8.16. The number of unbranched alkanes of at least 4 members (excludes halogenated alkanes) is 4. The SMILES string of the molecule is C=C(C)[C@H](CO)Nc1nc(Nc2cccc(S(=O)(=O)NCCCCCCC)c2)ncc1Br. The Labute approximate surface area is 199 Å². The van der Waals surface area contributed by atoms with Gasteiger partial charge in [0.25, 0.3) is 0 Å². The fraction of sp³-hybridized carbons (Fsp3) is 0.455. The number of anilines is 3. The number of halogens is 1. The molecule has 1 atom stereocenters. The molecule has 2 rings (SSSR count). The van der Waals surface area contributed by atoms with E-state index < -0.39 is 10.0 Å². The summed E-state index contributed by atoms with van der Waals surface area (Å²) >= 11 is 3.39. The summed E-state index contributed by atoms with van der Waals surface area (Å²) in [6, 6.07) is 6.16. The molecule has 0 radical (unpaired) electrons. The standard InChI is InChI=1S/C22H32BrN5O3S/c1-4-5-6-7-8-12-25-32(30,31)18-11-9-10-17(13-18)26-22-24-14-19(23)21(28-22)27-20(15-29)16(2)3/h9-11,13-14,20,25,29H,2,4-8,12,15H2,1,3H3,(H2,24,26,27,28)/t20-/m0/s1. The number of rotatable bonds is 14. The van der Waals surface area contributed by atoms with Crippen LogP contribution in [0.2, 0.25) is 0 Å². The number of sulfonamides is 1. The Hall–Kier alpha value is -2.01. The van der Waals surface area contributed by atoms with Gasteiger partial charge in [-0.1, -0.05) is 50.8 Å². The van der Waals surface area contributed by atoms with Gasteiger partial charge in [-0.2, -0.15) is 4.98 Å². The Kier molecular flexibility index (Phi) is 10.6. The molecule has 2 aromatic rings. The van der Waals surface area contributed by atoms with Crippen LogP contribution in [0.5, 0.6) is 0 Å². The number of hydrogen-bond acceptors (Lipinski definition) is 7. The molecule has 4 N–H and O–H groups in total. The van der Waals surface area contributed by atoms with Crippen molar-refractivity contribution in [3.8, 4) is 0 Å². The molecular formula is C22H32BrN5O3S. The molecule has 0 aliphatic carbocycles. The van der Waals surface area contributed by atoms with E-state index in [1.165, 1.54) is 6.42 Å². The highest BCUT2D eigenvalue weighted by molar-refractivity contribution is 9.10. The molecule has 0 saturated carbocycles. The van der Waals surface area contributed by atoms with Crippen LogP contribution in [-0.2, 0) is 10.0 Å². The Balaban J connectivity index is 2.07. The van der Waals surface area contributed by atoms with E-state index >= 15 is 0 Å². The smallest absolute Gasteiger partial charge is 0.240 e. The Morgan fingerprint density at radius 1 is 1.25 bits per heavy atom. The van der Waals surface area contributed by atoms with Crippen molar-refractivity contribution in [2.75, 3.05) is 23.8 Å². The van der Waals surface area contributed by atoms with Gasteiger partial charge < -0.3 is 15.7 Å². The van der Waals surface area contributed by atoms with Crippen molar-refractivity contribution in [3.63, 3.8) is 0 Å². The third-order valence-corrected chi connectivity index (χ3v) is 6.84. The van der Waals surface area contributed by atoms with Crippen LogP contribution in [0.25, 0.3) is 0 Å². The zero-order valence-corrected chi connectivity index (χ0v) is 21.0. The van der Waals surface area contributed by atoms with Crippen LogP contribution < -0.4 is 15.4 Å². The summed E-state index contributed by atoms with van der Waals surface area (Å²) in [7, 11) is -3.60. The molecule has 0 amide bonds. The Morgan fingerprint density at radius 3 is 2.69 bits per heavy atom. The first-order chi connectivity index (χ1) is 15.3. The maximum Gasteiger partial charge on any atom is 0.240 e. The van der Waals surface area contributed by atoms with Crippen molar-refractivity contribution in [2.24, 2.45) is 0 Å². The maximum atomic E-state index is 12.6. The molecule has 0 aliphatic heterocycles. The summed E-state index contributed by atoms with van der Waals surface area (Å²) in [5, 5.41) is 15.7. The summed E-state index contributed by atoms with van der Waals surface area (Å²) in [5.74, 6) is 0.769. The molecule has 0 unspecified atom stereocenters. The quantitative estimate of drug-likeness (QED) is 0.210. The normalized spacial score (nSPS) is 12.4. The minimum atomic E-state index is -3.60. The van der Waals surface area contributed by atoms with E-state index in [9.17, 15) is 13.5 Å². The number of aliphatic hydroxyl groups is 1. The number of hydrogen-bond donors (Lipinski definition) is 4. The van der Waals surface area contributed by atoms with Gasteiger partial charge in [-0.05, 0) is 47.5 Å². The second kappa shape index (κ2) is 12.9. The van der Waals surface area contributed by atoms with Gasteiger partial charge in [0.2, 0.25) is 16.0 Å². The van der Waals surface area contributed by atoms with Gasteiger partial charge >= 0.3 is 0 Å². The van der Waals surface area contributed by atoms with Crippen molar-refractivity contribution in [3.05, 3.63) is 47.1 Å². The first-order valence-electron chi connectivity index (χ1n) is 10.7. The lowest BCUT2D eigenvalue weighted by atomic mass is 10.1. The van der Waals surface area contributed by atoms with E-state index in [1.807, 2.05) is 6.92 Å². The maximum absolute atomic E-state index is 12.6. The largest absolute Gasteiger partial charge is 0.394 e. The Morgan fingerprint density at radius 2 is 2.00 bits per heavy atom. The summed E-state index contributed by atoms with van der Waals surface area (Å²) in [4.78, 5) is 8.82. The highest BCUT2D eigenvalue weighted by Crippen LogP contribution is 2.24. The molecule has 32 heavy (non-hydrogen) atoms. The topological polar surface area (TPSA) is 116 Å². The van der Waals surface area contributed by atoms with E-state index in [2.05, 4.69) is 54.8 Å². The molecule has 0 spiro atoms. The molecule has 1 heterocycles. The fourth-order valence-corrected chi connectivity index (χ4v) is 4.33. The summed E-state index contributed by atoms with van der Waals surface area (Å²) in [6.07, 6.45) is 6.85. The van der Waals surface area contributed by atoms with Gasteiger partial charge in [-0.3, -0.25) is 0 Å². The first kappa shape index (κ1) is 26.2. The lowest BCUT2D eigenvalue weighted by Crippen LogP contribution is -2.25. The highest BCUT2D eigenvalue weighted by atomic mass is 79.9. The van der Waals surface area contributed by atoms with E-state index in [4.69, 9.17) is 0 Å². The van der Waals surface area contributed by atoms with Crippen LogP contribution >= 0.6 is 15.9 Å². The number of benzene rings is 1.